The normalized spacial score (nSPS) is 19.4. The number of piperidine rings is 1. The van der Waals surface area contributed by atoms with Crippen LogP contribution in [0.25, 0.3) is 0 Å². The van der Waals surface area contributed by atoms with Crippen LogP contribution in [0, 0.1) is 16.0 Å². The number of nitrogens with zero attached hydrogens (tertiary/aromatic N) is 2. The zero-order valence-electron chi connectivity index (χ0n) is 12.1. The molecule has 22 heavy (non-hydrogen) atoms. The van der Waals surface area contributed by atoms with Crippen LogP contribution in [0.15, 0.2) is 24.3 Å². The summed E-state index contributed by atoms with van der Waals surface area (Å²) in [7, 11) is -3.40. The number of non-ortho nitro benzene ring substituents is 1. The molecule has 1 aromatic rings. The average molecular weight is 350 g/mol. The number of halogens is 1. The van der Waals surface area contributed by atoms with E-state index >= 15 is 0 Å². The predicted molar refractivity (Wildman–Crippen MR) is 86.3 cm³/mol. The Bertz CT molecular complexity index is 606. The fourth-order valence-corrected chi connectivity index (χ4v) is 4.13. The summed E-state index contributed by atoms with van der Waals surface area (Å²) in [5.74, 6) is 0.0767. The second kappa shape index (κ2) is 7.87. The molecular formula is C13H20ClN3O4S. The molecule has 1 atom stereocenters. The molecule has 9 heteroatoms. The maximum Gasteiger partial charge on any atom is 0.269 e. The van der Waals surface area contributed by atoms with Crippen molar-refractivity contribution >= 4 is 28.1 Å². The molecule has 1 fully saturated rings. The predicted octanol–water partition coefficient (Wildman–Crippen LogP) is 1.52. The van der Waals surface area contributed by atoms with Gasteiger partial charge in [0.05, 0.1) is 10.7 Å². The molecule has 0 bridgehead atoms. The van der Waals surface area contributed by atoms with E-state index in [1.165, 1.54) is 28.6 Å². The summed E-state index contributed by atoms with van der Waals surface area (Å²) in [5.41, 5.74) is 6.13. The van der Waals surface area contributed by atoms with Crippen molar-refractivity contribution in [2.24, 2.45) is 11.7 Å². The molecule has 0 amide bonds. The SMILES string of the molecule is Cl.NCC1CCCN(S(=O)(=O)Cc2ccc([N+](=O)[O-])cc2)C1. The largest absolute Gasteiger partial charge is 0.330 e. The quantitative estimate of drug-likeness (QED) is 0.640. The van der Waals surface area contributed by atoms with E-state index in [0.717, 1.165) is 12.8 Å². The lowest BCUT2D eigenvalue weighted by atomic mass is 10.0. The summed E-state index contributed by atoms with van der Waals surface area (Å²) in [4.78, 5) is 10.1. The Morgan fingerprint density at radius 2 is 1.95 bits per heavy atom. The van der Waals surface area contributed by atoms with E-state index in [1.54, 1.807) is 0 Å². The molecule has 1 saturated heterocycles. The highest BCUT2D eigenvalue weighted by Crippen LogP contribution is 2.21. The van der Waals surface area contributed by atoms with Gasteiger partial charge in [0.25, 0.3) is 5.69 Å². The monoisotopic (exact) mass is 349 g/mol. The number of sulfonamides is 1. The maximum atomic E-state index is 12.4. The average Bonchev–Trinajstić information content (AvgIpc) is 2.47. The van der Waals surface area contributed by atoms with E-state index in [-0.39, 0.29) is 29.8 Å². The van der Waals surface area contributed by atoms with Crippen LogP contribution in [-0.4, -0.2) is 37.3 Å². The number of rotatable bonds is 5. The smallest absolute Gasteiger partial charge is 0.269 e. The van der Waals surface area contributed by atoms with Gasteiger partial charge in [-0.15, -0.1) is 12.4 Å². The third-order valence-corrected chi connectivity index (χ3v) is 5.52. The van der Waals surface area contributed by atoms with Crippen LogP contribution in [0.4, 0.5) is 5.69 Å². The van der Waals surface area contributed by atoms with E-state index in [2.05, 4.69) is 0 Å². The Morgan fingerprint density at radius 1 is 1.32 bits per heavy atom. The van der Waals surface area contributed by atoms with E-state index in [9.17, 15) is 18.5 Å². The molecule has 1 aliphatic heterocycles. The molecule has 1 heterocycles. The Kier molecular flexibility index (Phi) is 6.73. The summed E-state index contributed by atoms with van der Waals surface area (Å²) in [5, 5.41) is 10.6. The van der Waals surface area contributed by atoms with Crippen LogP contribution < -0.4 is 5.73 Å². The first-order valence-corrected chi connectivity index (χ1v) is 8.44. The highest BCUT2D eigenvalue weighted by Gasteiger charge is 2.28. The number of hydrogen-bond acceptors (Lipinski definition) is 5. The molecule has 0 aliphatic carbocycles. The first kappa shape index (κ1) is 18.8. The highest BCUT2D eigenvalue weighted by molar-refractivity contribution is 7.88. The summed E-state index contributed by atoms with van der Waals surface area (Å²) >= 11 is 0. The third kappa shape index (κ3) is 4.64. The van der Waals surface area contributed by atoms with Crippen molar-refractivity contribution in [1.29, 1.82) is 0 Å². The third-order valence-electron chi connectivity index (χ3n) is 3.70. The number of hydrogen-bond donors (Lipinski definition) is 1. The summed E-state index contributed by atoms with van der Waals surface area (Å²) in [6, 6.07) is 5.62. The summed E-state index contributed by atoms with van der Waals surface area (Å²) < 4.78 is 26.3. The van der Waals surface area contributed by atoms with Gasteiger partial charge in [0.2, 0.25) is 10.0 Å². The van der Waals surface area contributed by atoms with Crippen molar-refractivity contribution in [3.8, 4) is 0 Å². The molecule has 0 radical (unpaired) electrons. The summed E-state index contributed by atoms with van der Waals surface area (Å²) in [6.45, 7) is 1.47. The van der Waals surface area contributed by atoms with Gasteiger partial charge < -0.3 is 5.73 Å². The van der Waals surface area contributed by atoms with Crippen molar-refractivity contribution in [3.05, 3.63) is 39.9 Å². The van der Waals surface area contributed by atoms with Crippen LogP contribution in [0.5, 0.6) is 0 Å². The zero-order valence-corrected chi connectivity index (χ0v) is 13.7. The summed E-state index contributed by atoms with van der Waals surface area (Å²) in [6.07, 6.45) is 1.78. The highest BCUT2D eigenvalue weighted by atomic mass is 35.5. The molecular weight excluding hydrogens is 330 g/mol. The minimum absolute atomic E-state index is 0. The zero-order chi connectivity index (χ0) is 15.5. The molecule has 2 rings (SSSR count). The lowest BCUT2D eigenvalue weighted by molar-refractivity contribution is -0.384. The van der Waals surface area contributed by atoms with Crippen LogP contribution in [0.2, 0.25) is 0 Å². The molecule has 2 N–H and O–H groups in total. The maximum absolute atomic E-state index is 12.4. The van der Waals surface area contributed by atoms with Gasteiger partial charge in [-0.05, 0) is 30.9 Å². The minimum Gasteiger partial charge on any atom is -0.330 e. The number of benzene rings is 1. The molecule has 7 nitrogen and oxygen atoms in total. The molecule has 0 spiro atoms. The Labute approximate surface area is 136 Å². The second-order valence-corrected chi connectivity index (χ2v) is 7.25. The minimum atomic E-state index is -3.40. The van der Waals surface area contributed by atoms with Crippen molar-refractivity contribution in [3.63, 3.8) is 0 Å². The van der Waals surface area contributed by atoms with Gasteiger partial charge in [0.15, 0.2) is 0 Å². The van der Waals surface area contributed by atoms with Gasteiger partial charge in [0.1, 0.15) is 0 Å². The van der Waals surface area contributed by atoms with Gasteiger partial charge in [-0.2, -0.15) is 0 Å². The number of nitrogens with two attached hydrogens (primary N) is 1. The molecule has 1 aliphatic rings. The first-order chi connectivity index (χ1) is 9.92. The lowest BCUT2D eigenvalue weighted by Gasteiger charge is -2.31. The van der Waals surface area contributed by atoms with Crippen LogP contribution in [-0.2, 0) is 15.8 Å². The Hall–Kier alpha value is -1.22. The molecule has 1 unspecified atom stereocenters. The van der Waals surface area contributed by atoms with Crippen molar-refractivity contribution in [1.82, 2.24) is 4.31 Å². The van der Waals surface area contributed by atoms with Crippen LogP contribution in [0.1, 0.15) is 18.4 Å². The van der Waals surface area contributed by atoms with E-state index in [1.807, 2.05) is 0 Å². The number of nitro groups is 1. The van der Waals surface area contributed by atoms with Crippen molar-refractivity contribution < 1.29 is 13.3 Å². The molecule has 0 aromatic heterocycles. The molecule has 1 aromatic carbocycles. The fourth-order valence-electron chi connectivity index (χ4n) is 2.49. The van der Waals surface area contributed by atoms with Crippen LogP contribution in [0.3, 0.4) is 0 Å². The second-order valence-electron chi connectivity index (χ2n) is 5.28. The molecule has 124 valence electrons. The molecule has 0 saturated carbocycles. The topological polar surface area (TPSA) is 107 Å². The van der Waals surface area contributed by atoms with Gasteiger partial charge in [-0.3, -0.25) is 10.1 Å². The van der Waals surface area contributed by atoms with E-state index in [0.29, 0.717) is 25.2 Å². The Balaban J connectivity index is 0.00000242. The van der Waals surface area contributed by atoms with Gasteiger partial charge in [-0.1, -0.05) is 12.1 Å². The van der Waals surface area contributed by atoms with E-state index < -0.39 is 14.9 Å². The van der Waals surface area contributed by atoms with Gasteiger partial charge in [0, 0.05) is 25.2 Å². The van der Waals surface area contributed by atoms with Crippen molar-refractivity contribution in [2.45, 2.75) is 18.6 Å². The standard InChI is InChI=1S/C13H19N3O4S.ClH/c14-8-12-2-1-7-15(9-12)21(19,20)10-11-3-5-13(6-4-11)16(17)18;/h3-6,12H,1-2,7-10,14H2;1H. The van der Waals surface area contributed by atoms with Gasteiger partial charge >= 0.3 is 0 Å². The first-order valence-electron chi connectivity index (χ1n) is 6.83. The number of nitro benzene ring substituents is 1. The fraction of sp³-hybridized carbons (Fsp3) is 0.538. The van der Waals surface area contributed by atoms with Crippen LogP contribution >= 0.6 is 12.4 Å². The van der Waals surface area contributed by atoms with Gasteiger partial charge in [-0.25, -0.2) is 12.7 Å². The van der Waals surface area contributed by atoms with Crippen molar-refractivity contribution in [2.75, 3.05) is 19.6 Å². The Morgan fingerprint density at radius 3 is 2.50 bits per heavy atom. The van der Waals surface area contributed by atoms with E-state index in [4.69, 9.17) is 5.73 Å². The lowest BCUT2D eigenvalue weighted by Crippen LogP contribution is -2.42.